The number of anilines is 1. The van der Waals surface area contributed by atoms with E-state index in [2.05, 4.69) is 17.5 Å². The molecule has 0 radical (unpaired) electrons. The van der Waals surface area contributed by atoms with Crippen molar-refractivity contribution in [2.45, 2.75) is 12.5 Å². The average molecular weight is 264 g/mol. The van der Waals surface area contributed by atoms with Crippen LogP contribution < -0.4 is 10.6 Å². The highest BCUT2D eigenvalue weighted by Gasteiger charge is 2.13. The lowest BCUT2D eigenvalue weighted by atomic mass is 10.2. The van der Waals surface area contributed by atoms with Gasteiger partial charge in [-0.3, -0.25) is 4.79 Å². The number of hydrogen-bond acceptors (Lipinski definition) is 4. The van der Waals surface area contributed by atoms with E-state index in [1.807, 2.05) is 24.1 Å². The normalized spacial score (nSPS) is 12.6. The van der Waals surface area contributed by atoms with Gasteiger partial charge in [-0.15, -0.1) is 11.3 Å². The minimum absolute atomic E-state index is 0.00753. The van der Waals surface area contributed by atoms with Crippen LogP contribution in [0.2, 0.25) is 0 Å². The van der Waals surface area contributed by atoms with Crippen molar-refractivity contribution in [2.24, 2.45) is 5.73 Å². The third kappa shape index (κ3) is 2.80. The number of nitrogens with zero attached hydrogens (tertiary/aromatic N) is 1. The summed E-state index contributed by atoms with van der Waals surface area (Å²) in [6, 6.07) is 7.81. The van der Waals surface area contributed by atoms with Crippen LogP contribution in [0.15, 0.2) is 29.6 Å². The van der Waals surface area contributed by atoms with Gasteiger partial charge in [-0.2, -0.15) is 0 Å². The minimum Gasteiger partial charge on any atom is -0.481 e. The molecule has 0 aliphatic carbocycles. The van der Waals surface area contributed by atoms with Crippen molar-refractivity contribution in [3.8, 4) is 0 Å². The fraction of sp³-hybridized carbons (Fsp3) is 0.308. The molecule has 0 amide bonds. The van der Waals surface area contributed by atoms with Gasteiger partial charge in [0.1, 0.15) is 0 Å². The number of hydrogen-bond donors (Lipinski definition) is 2. The number of thiophene rings is 1. The fourth-order valence-corrected chi connectivity index (χ4v) is 3.00. The van der Waals surface area contributed by atoms with Crippen molar-refractivity contribution in [3.63, 3.8) is 0 Å². The number of fused-ring (bicyclic) bond motifs is 1. The van der Waals surface area contributed by atoms with Gasteiger partial charge in [0.25, 0.3) is 0 Å². The van der Waals surface area contributed by atoms with E-state index in [-0.39, 0.29) is 12.5 Å². The summed E-state index contributed by atoms with van der Waals surface area (Å²) in [5, 5.41) is 12.0. The molecule has 0 spiro atoms. The Balaban J connectivity index is 2.13. The lowest BCUT2D eigenvalue weighted by Gasteiger charge is -2.21. The zero-order valence-corrected chi connectivity index (χ0v) is 11.0. The van der Waals surface area contributed by atoms with Gasteiger partial charge in [-0.1, -0.05) is 18.2 Å². The van der Waals surface area contributed by atoms with E-state index in [4.69, 9.17) is 10.8 Å². The Kier molecular flexibility index (Phi) is 3.84. The summed E-state index contributed by atoms with van der Waals surface area (Å²) in [4.78, 5) is 12.6. The van der Waals surface area contributed by atoms with Crippen molar-refractivity contribution in [2.75, 3.05) is 18.5 Å². The lowest BCUT2D eigenvalue weighted by Crippen LogP contribution is -2.36. The molecule has 0 fully saturated rings. The zero-order chi connectivity index (χ0) is 13.1. The van der Waals surface area contributed by atoms with Gasteiger partial charge in [0.05, 0.1) is 12.1 Å². The second-order valence-corrected chi connectivity index (χ2v) is 5.27. The minimum atomic E-state index is -0.855. The Hall–Kier alpha value is -1.59. The molecular weight excluding hydrogens is 248 g/mol. The number of carbonyl (C=O) groups is 1. The van der Waals surface area contributed by atoms with Crippen LogP contribution in [-0.2, 0) is 4.79 Å². The van der Waals surface area contributed by atoms with Gasteiger partial charge in [-0.25, -0.2) is 0 Å². The molecule has 0 bridgehead atoms. The van der Waals surface area contributed by atoms with Gasteiger partial charge in [0, 0.05) is 35.1 Å². The zero-order valence-electron chi connectivity index (χ0n) is 10.2. The van der Waals surface area contributed by atoms with Crippen molar-refractivity contribution in [1.82, 2.24) is 0 Å². The molecule has 5 heteroatoms. The third-order valence-corrected chi connectivity index (χ3v) is 3.77. The second-order valence-electron chi connectivity index (χ2n) is 4.36. The van der Waals surface area contributed by atoms with E-state index >= 15 is 0 Å². The molecule has 18 heavy (non-hydrogen) atoms. The highest BCUT2D eigenvalue weighted by molar-refractivity contribution is 7.17. The monoisotopic (exact) mass is 264 g/mol. The van der Waals surface area contributed by atoms with Crippen LogP contribution in [-0.4, -0.2) is 30.7 Å². The van der Waals surface area contributed by atoms with E-state index in [0.29, 0.717) is 6.54 Å². The lowest BCUT2D eigenvalue weighted by molar-refractivity contribution is -0.137. The van der Waals surface area contributed by atoms with Crippen molar-refractivity contribution < 1.29 is 9.90 Å². The third-order valence-electron chi connectivity index (χ3n) is 2.82. The SMILES string of the molecule is CN(CC(N)CC(=O)O)c1csc2ccccc12. The van der Waals surface area contributed by atoms with Crippen molar-refractivity contribution in [3.05, 3.63) is 29.6 Å². The summed E-state index contributed by atoms with van der Waals surface area (Å²) in [5.41, 5.74) is 6.91. The molecule has 0 aliphatic heterocycles. The van der Waals surface area contributed by atoms with Gasteiger partial charge >= 0.3 is 5.97 Å². The number of likely N-dealkylation sites (N-methyl/N-ethyl adjacent to an activating group) is 1. The molecule has 1 aromatic carbocycles. The molecule has 96 valence electrons. The molecule has 1 aromatic heterocycles. The summed E-state index contributed by atoms with van der Waals surface area (Å²) in [7, 11) is 1.94. The Bertz CT molecular complexity index is 553. The average Bonchev–Trinajstić information content (AvgIpc) is 2.71. The van der Waals surface area contributed by atoms with Crippen molar-refractivity contribution >= 4 is 33.1 Å². The Morgan fingerprint density at radius 1 is 1.50 bits per heavy atom. The first kappa shape index (κ1) is 12.9. The smallest absolute Gasteiger partial charge is 0.304 e. The van der Waals surface area contributed by atoms with Crippen LogP contribution in [0.3, 0.4) is 0 Å². The standard InChI is InChI=1S/C13H16N2O2S/c1-15(7-9(14)6-13(16)17)11-8-18-12-5-3-2-4-10(11)12/h2-5,8-9H,6-7,14H2,1H3,(H,16,17). The van der Waals surface area contributed by atoms with Gasteiger partial charge < -0.3 is 15.7 Å². The van der Waals surface area contributed by atoms with Gasteiger partial charge in [0.15, 0.2) is 0 Å². The summed E-state index contributed by atoms with van der Waals surface area (Å²) < 4.78 is 1.23. The topological polar surface area (TPSA) is 66.6 Å². The number of nitrogens with two attached hydrogens (primary N) is 1. The molecule has 1 unspecified atom stereocenters. The first-order valence-electron chi connectivity index (χ1n) is 5.72. The van der Waals surface area contributed by atoms with E-state index in [9.17, 15) is 4.79 Å². The predicted molar refractivity (Wildman–Crippen MR) is 75.3 cm³/mol. The molecular formula is C13H16N2O2S. The van der Waals surface area contributed by atoms with Gasteiger partial charge in [-0.05, 0) is 6.07 Å². The van der Waals surface area contributed by atoms with Crippen LogP contribution in [0.1, 0.15) is 6.42 Å². The summed E-state index contributed by atoms with van der Waals surface area (Å²) in [6.07, 6.45) is -0.00753. The van der Waals surface area contributed by atoms with Crippen LogP contribution in [0.4, 0.5) is 5.69 Å². The second kappa shape index (κ2) is 5.37. The van der Waals surface area contributed by atoms with E-state index in [1.165, 1.54) is 10.1 Å². The number of carboxylic acid groups (broad SMARTS) is 1. The molecule has 0 aliphatic rings. The quantitative estimate of drug-likeness (QED) is 0.868. The van der Waals surface area contributed by atoms with E-state index < -0.39 is 5.97 Å². The van der Waals surface area contributed by atoms with E-state index in [1.54, 1.807) is 11.3 Å². The maximum Gasteiger partial charge on any atom is 0.304 e. The molecule has 3 N–H and O–H groups in total. The Labute approximate surface area is 110 Å². The summed E-state index contributed by atoms with van der Waals surface area (Å²) >= 11 is 1.68. The first-order valence-corrected chi connectivity index (χ1v) is 6.60. The summed E-state index contributed by atoms with van der Waals surface area (Å²) in [5.74, 6) is -0.855. The number of rotatable bonds is 5. The van der Waals surface area contributed by atoms with Crippen LogP contribution in [0.5, 0.6) is 0 Å². The Morgan fingerprint density at radius 2 is 2.22 bits per heavy atom. The molecule has 0 saturated carbocycles. The largest absolute Gasteiger partial charge is 0.481 e. The maximum absolute atomic E-state index is 10.6. The maximum atomic E-state index is 10.6. The molecule has 1 heterocycles. The molecule has 0 saturated heterocycles. The van der Waals surface area contributed by atoms with Crippen LogP contribution in [0, 0.1) is 0 Å². The molecule has 1 atom stereocenters. The highest BCUT2D eigenvalue weighted by Crippen LogP contribution is 2.32. The predicted octanol–water partition coefficient (Wildman–Crippen LogP) is 2.14. The summed E-state index contributed by atoms with van der Waals surface area (Å²) in [6.45, 7) is 0.535. The van der Waals surface area contributed by atoms with Gasteiger partial charge in [0.2, 0.25) is 0 Å². The molecule has 2 rings (SSSR count). The van der Waals surface area contributed by atoms with Crippen LogP contribution >= 0.6 is 11.3 Å². The number of benzene rings is 1. The Morgan fingerprint density at radius 3 is 2.94 bits per heavy atom. The van der Waals surface area contributed by atoms with Crippen molar-refractivity contribution in [1.29, 1.82) is 0 Å². The number of carboxylic acids is 1. The first-order chi connectivity index (χ1) is 8.58. The molecule has 2 aromatic rings. The van der Waals surface area contributed by atoms with Crippen LogP contribution in [0.25, 0.3) is 10.1 Å². The molecule has 4 nitrogen and oxygen atoms in total. The number of aliphatic carboxylic acids is 1. The fourth-order valence-electron chi connectivity index (χ4n) is 2.00. The highest BCUT2D eigenvalue weighted by atomic mass is 32.1. The van der Waals surface area contributed by atoms with E-state index in [0.717, 1.165) is 5.69 Å².